The van der Waals surface area contributed by atoms with Crippen molar-refractivity contribution in [1.29, 1.82) is 5.26 Å². The van der Waals surface area contributed by atoms with E-state index >= 15 is 0 Å². The molecule has 2 heterocycles. The maximum atomic E-state index is 12.5. The van der Waals surface area contributed by atoms with Crippen molar-refractivity contribution in [3.63, 3.8) is 0 Å². The van der Waals surface area contributed by atoms with E-state index < -0.39 is 5.92 Å². The van der Waals surface area contributed by atoms with E-state index in [0.717, 1.165) is 16.7 Å². The molecule has 1 fully saturated rings. The molecule has 136 valence electrons. The number of benzene rings is 2. The zero-order chi connectivity index (χ0) is 18.8. The summed E-state index contributed by atoms with van der Waals surface area (Å²) in [6, 6.07) is 12.3. The molecule has 2 aliphatic rings. The van der Waals surface area contributed by atoms with Crippen molar-refractivity contribution >= 4 is 35.0 Å². The van der Waals surface area contributed by atoms with Gasteiger partial charge >= 0.3 is 0 Å². The lowest BCUT2D eigenvalue weighted by atomic mass is 10.1. The van der Waals surface area contributed by atoms with Crippen LogP contribution in [0.15, 0.2) is 47.4 Å². The maximum absolute atomic E-state index is 12.5. The minimum atomic E-state index is -0.434. The summed E-state index contributed by atoms with van der Waals surface area (Å²) in [5.74, 6) is 0.513. The quantitative estimate of drug-likeness (QED) is 0.647. The third kappa shape index (κ3) is 3.55. The molecule has 0 aromatic heterocycles. The number of thioether (sulfide) groups is 1. The number of fused-ring (bicyclic) bond motifs is 1. The van der Waals surface area contributed by atoms with Gasteiger partial charge in [0.2, 0.25) is 18.6 Å². The Morgan fingerprint density at radius 3 is 2.74 bits per heavy atom. The van der Waals surface area contributed by atoms with Gasteiger partial charge in [0.1, 0.15) is 5.40 Å². The van der Waals surface area contributed by atoms with Crippen LogP contribution in [0.4, 0.5) is 11.4 Å². The minimum absolute atomic E-state index is 0.102. The predicted molar refractivity (Wildman–Crippen MR) is 99.6 cm³/mol. The molecule has 1 unspecified atom stereocenters. The monoisotopic (exact) mass is 381 g/mol. The standard InChI is InChI=1S/C19H15N3O4S/c20-10-27-15-4-1-13(2-5-15)21-19(24)12-7-18(23)22(9-12)14-3-6-16-17(8-14)26-11-25-16/h1-6,8,12H,7,9,11H2,(H,21,24). The van der Waals surface area contributed by atoms with Gasteiger partial charge < -0.3 is 19.7 Å². The molecule has 8 heteroatoms. The van der Waals surface area contributed by atoms with Crippen molar-refractivity contribution in [3.05, 3.63) is 42.5 Å². The van der Waals surface area contributed by atoms with Crippen LogP contribution in [0.1, 0.15) is 6.42 Å². The smallest absolute Gasteiger partial charge is 0.231 e. The summed E-state index contributed by atoms with van der Waals surface area (Å²) in [6.45, 7) is 0.482. The number of rotatable bonds is 4. The number of carbonyl (C=O) groups excluding carboxylic acids is 2. The Morgan fingerprint density at radius 2 is 1.96 bits per heavy atom. The molecule has 2 aromatic carbocycles. The van der Waals surface area contributed by atoms with Crippen LogP contribution in [0.2, 0.25) is 0 Å². The lowest BCUT2D eigenvalue weighted by molar-refractivity contribution is -0.122. The Kier molecular flexibility index (Phi) is 4.60. The van der Waals surface area contributed by atoms with Gasteiger partial charge in [0.15, 0.2) is 11.5 Å². The van der Waals surface area contributed by atoms with E-state index in [2.05, 4.69) is 5.32 Å². The fourth-order valence-electron chi connectivity index (χ4n) is 3.09. The van der Waals surface area contributed by atoms with E-state index in [-0.39, 0.29) is 25.0 Å². The van der Waals surface area contributed by atoms with Crippen LogP contribution in [0, 0.1) is 16.6 Å². The molecule has 1 saturated heterocycles. The second kappa shape index (κ2) is 7.21. The highest BCUT2D eigenvalue weighted by Gasteiger charge is 2.35. The average molecular weight is 381 g/mol. The summed E-state index contributed by atoms with van der Waals surface area (Å²) in [6.07, 6.45) is 0.155. The van der Waals surface area contributed by atoms with E-state index in [1.807, 2.05) is 5.40 Å². The van der Waals surface area contributed by atoms with Gasteiger partial charge in [0.25, 0.3) is 0 Å². The summed E-state index contributed by atoms with van der Waals surface area (Å²) >= 11 is 1.06. The first-order valence-corrected chi connectivity index (χ1v) is 9.12. The van der Waals surface area contributed by atoms with Crippen molar-refractivity contribution in [1.82, 2.24) is 0 Å². The highest BCUT2D eigenvalue weighted by molar-refractivity contribution is 8.03. The number of hydrogen-bond acceptors (Lipinski definition) is 6. The number of anilines is 2. The second-order valence-electron chi connectivity index (χ2n) is 6.15. The molecule has 0 saturated carbocycles. The molecule has 0 bridgehead atoms. The van der Waals surface area contributed by atoms with E-state index in [1.54, 1.807) is 47.4 Å². The van der Waals surface area contributed by atoms with E-state index in [0.29, 0.717) is 29.4 Å². The van der Waals surface area contributed by atoms with Gasteiger partial charge in [-0.05, 0) is 48.2 Å². The van der Waals surface area contributed by atoms with Crippen molar-refractivity contribution in [2.75, 3.05) is 23.6 Å². The van der Waals surface area contributed by atoms with Crippen molar-refractivity contribution in [3.8, 4) is 16.9 Å². The normalized spacial score (nSPS) is 17.7. The van der Waals surface area contributed by atoms with Crippen molar-refractivity contribution < 1.29 is 19.1 Å². The van der Waals surface area contributed by atoms with Gasteiger partial charge in [-0.2, -0.15) is 5.26 Å². The summed E-state index contributed by atoms with van der Waals surface area (Å²) < 4.78 is 10.6. The highest BCUT2D eigenvalue weighted by Crippen LogP contribution is 2.37. The number of ether oxygens (including phenoxy) is 2. The Labute approximate surface area is 159 Å². The molecule has 0 aliphatic carbocycles. The van der Waals surface area contributed by atoms with Crippen molar-refractivity contribution in [2.24, 2.45) is 5.92 Å². The number of thiocyanates is 1. The van der Waals surface area contributed by atoms with Crippen LogP contribution in [0.5, 0.6) is 11.5 Å². The summed E-state index contributed by atoms with van der Waals surface area (Å²) in [5, 5.41) is 13.5. The second-order valence-corrected chi connectivity index (χ2v) is 7.01. The number of carbonyl (C=O) groups is 2. The molecule has 0 radical (unpaired) electrons. The third-order valence-electron chi connectivity index (χ3n) is 4.45. The molecule has 0 spiro atoms. The number of amides is 2. The summed E-state index contributed by atoms with van der Waals surface area (Å²) in [5.41, 5.74) is 1.33. The molecule has 27 heavy (non-hydrogen) atoms. The largest absolute Gasteiger partial charge is 0.454 e. The van der Waals surface area contributed by atoms with Gasteiger partial charge in [0, 0.05) is 35.3 Å². The molecule has 1 atom stereocenters. The predicted octanol–water partition coefficient (Wildman–Crippen LogP) is 2.98. The minimum Gasteiger partial charge on any atom is -0.454 e. The summed E-state index contributed by atoms with van der Waals surface area (Å²) in [4.78, 5) is 27.3. The number of hydrogen-bond donors (Lipinski definition) is 1. The molecular weight excluding hydrogens is 366 g/mol. The Balaban J connectivity index is 1.42. The maximum Gasteiger partial charge on any atom is 0.231 e. The lowest BCUT2D eigenvalue weighted by Crippen LogP contribution is -2.28. The SMILES string of the molecule is N#CSc1ccc(NC(=O)C2CC(=O)N(c3ccc4c(c3)OCO4)C2)cc1. The average Bonchev–Trinajstić information content (AvgIpc) is 3.29. The molecule has 4 rings (SSSR count). The van der Waals surface area contributed by atoms with Crippen molar-refractivity contribution in [2.45, 2.75) is 11.3 Å². The van der Waals surface area contributed by atoms with Gasteiger partial charge in [-0.1, -0.05) is 0 Å². The fourth-order valence-corrected chi connectivity index (χ4v) is 3.47. The summed E-state index contributed by atoms with van der Waals surface area (Å²) in [7, 11) is 0. The van der Waals surface area contributed by atoms with Crippen LogP contribution in [0.3, 0.4) is 0 Å². The molecule has 2 aromatic rings. The van der Waals surface area contributed by atoms with E-state index in [1.165, 1.54) is 0 Å². The Morgan fingerprint density at radius 1 is 1.19 bits per heavy atom. The van der Waals surface area contributed by atoms with Crippen LogP contribution in [0.25, 0.3) is 0 Å². The number of nitrogens with zero attached hydrogens (tertiary/aromatic N) is 2. The molecule has 2 amide bonds. The first-order chi connectivity index (χ1) is 13.1. The Bertz CT molecular complexity index is 939. The first kappa shape index (κ1) is 17.2. The molecule has 1 N–H and O–H groups in total. The van der Waals surface area contributed by atoms with E-state index in [4.69, 9.17) is 14.7 Å². The van der Waals surface area contributed by atoms with Crippen LogP contribution in [-0.2, 0) is 9.59 Å². The van der Waals surface area contributed by atoms with Gasteiger partial charge in [-0.25, -0.2) is 0 Å². The van der Waals surface area contributed by atoms with Crippen LogP contribution >= 0.6 is 11.8 Å². The molecular formula is C19H15N3O4S. The molecule has 7 nitrogen and oxygen atoms in total. The van der Waals surface area contributed by atoms with Gasteiger partial charge in [-0.15, -0.1) is 0 Å². The van der Waals surface area contributed by atoms with Gasteiger partial charge in [-0.3, -0.25) is 9.59 Å². The number of nitrogens with one attached hydrogen (secondary N) is 1. The third-order valence-corrected chi connectivity index (χ3v) is 5.05. The number of nitriles is 1. The lowest BCUT2D eigenvalue weighted by Gasteiger charge is -2.17. The zero-order valence-corrected chi connectivity index (χ0v) is 15.0. The van der Waals surface area contributed by atoms with E-state index in [9.17, 15) is 9.59 Å². The Hall–Kier alpha value is -3.18. The van der Waals surface area contributed by atoms with Crippen LogP contribution < -0.4 is 19.7 Å². The van der Waals surface area contributed by atoms with Gasteiger partial charge in [0.05, 0.1) is 5.92 Å². The highest BCUT2D eigenvalue weighted by atomic mass is 32.2. The first-order valence-electron chi connectivity index (χ1n) is 8.31. The topological polar surface area (TPSA) is 91.7 Å². The molecule has 2 aliphatic heterocycles. The zero-order valence-electron chi connectivity index (χ0n) is 14.2. The van der Waals surface area contributed by atoms with Crippen LogP contribution in [-0.4, -0.2) is 25.2 Å². The fraction of sp³-hybridized carbons (Fsp3) is 0.211.